The molecule has 1 amide bonds. The fourth-order valence-electron chi connectivity index (χ4n) is 3.05. The first-order chi connectivity index (χ1) is 11.0. The van der Waals surface area contributed by atoms with E-state index >= 15 is 0 Å². The maximum atomic E-state index is 12.6. The second-order valence-corrected chi connectivity index (χ2v) is 8.36. The van der Waals surface area contributed by atoms with Gasteiger partial charge in [-0.15, -0.1) is 0 Å². The molecule has 2 fully saturated rings. The van der Waals surface area contributed by atoms with Crippen LogP contribution in [-0.2, 0) is 10.0 Å². The highest BCUT2D eigenvalue weighted by Gasteiger charge is 2.38. The topological polar surface area (TPSA) is 82.3 Å². The second-order valence-electron chi connectivity index (χ2n) is 6.37. The monoisotopic (exact) mass is 333 g/mol. The normalized spacial score (nSPS) is 21.9. The van der Waals surface area contributed by atoms with Gasteiger partial charge in [-0.3, -0.25) is 4.79 Å². The maximum Gasteiger partial charge on any atom is 0.270 e. The van der Waals surface area contributed by atoms with Gasteiger partial charge in [-0.2, -0.15) is 0 Å². The molecule has 0 radical (unpaired) electrons. The molecule has 1 atom stereocenters. The Bertz CT molecular complexity index is 821. The molecule has 122 valence electrons. The summed E-state index contributed by atoms with van der Waals surface area (Å²) in [6.45, 7) is 0.737. The second kappa shape index (κ2) is 5.35. The number of carbonyl (C=O) groups excluding carboxylic acids is 1. The van der Waals surface area contributed by atoms with E-state index in [0.29, 0.717) is 18.7 Å². The number of amides is 1. The van der Waals surface area contributed by atoms with Crippen molar-refractivity contribution < 1.29 is 13.2 Å². The van der Waals surface area contributed by atoms with Crippen molar-refractivity contribution in [3.63, 3.8) is 0 Å². The number of hydrogen-bond donors (Lipinski definition) is 2. The van der Waals surface area contributed by atoms with E-state index in [0.717, 1.165) is 23.7 Å². The van der Waals surface area contributed by atoms with E-state index in [1.165, 1.54) is 0 Å². The average molecular weight is 333 g/mol. The Morgan fingerprint density at radius 3 is 2.74 bits per heavy atom. The number of H-pyrrole nitrogens is 1. The van der Waals surface area contributed by atoms with E-state index in [4.69, 9.17) is 0 Å². The lowest BCUT2D eigenvalue weighted by molar-refractivity contribution is 0.0788. The number of nitrogens with one attached hydrogen (secondary N) is 2. The van der Waals surface area contributed by atoms with E-state index < -0.39 is 15.3 Å². The Labute approximate surface area is 134 Å². The fourth-order valence-corrected chi connectivity index (χ4v) is 4.74. The maximum absolute atomic E-state index is 12.6. The van der Waals surface area contributed by atoms with Gasteiger partial charge in [-0.25, -0.2) is 13.1 Å². The van der Waals surface area contributed by atoms with Gasteiger partial charge in [0.15, 0.2) is 0 Å². The van der Waals surface area contributed by atoms with Crippen molar-refractivity contribution >= 4 is 26.8 Å². The minimum atomic E-state index is -3.32. The number of para-hydroxylation sites is 1. The van der Waals surface area contributed by atoms with Crippen molar-refractivity contribution in [3.05, 3.63) is 36.0 Å². The third kappa shape index (κ3) is 2.86. The summed E-state index contributed by atoms with van der Waals surface area (Å²) >= 11 is 0. The number of aromatic nitrogens is 1. The highest BCUT2D eigenvalue weighted by atomic mass is 32.2. The summed E-state index contributed by atoms with van der Waals surface area (Å²) in [5.74, 6) is -0.134. The molecule has 1 aromatic carbocycles. The highest BCUT2D eigenvalue weighted by Crippen LogP contribution is 2.25. The van der Waals surface area contributed by atoms with Crippen LogP contribution >= 0.6 is 0 Å². The largest absolute Gasteiger partial charge is 0.351 e. The fraction of sp³-hybridized carbons (Fsp3) is 0.438. The van der Waals surface area contributed by atoms with Crippen molar-refractivity contribution in [1.29, 1.82) is 0 Å². The van der Waals surface area contributed by atoms with Crippen LogP contribution in [0.15, 0.2) is 30.3 Å². The van der Waals surface area contributed by atoms with Crippen LogP contribution in [0.4, 0.5) is 0 Å². The third-order valence-electron chi connectivity index (χ3n) is 4.54. The van der Waals surface area contributed by atoms with Gasteiger partial charge in [0.2, 0.25) is 10.0 Å². The first kappa shape index (κ1) is 14.7. The van der Waals surface area contributed by atoms with E-state index in [2.05, 4.69) is 9.71 Å². The summed E-state index contributed by atoms with van der Waals surface area (Å²) in [4.78, 5) is 17.3. The van der Waals surface area contributed by atoms with Gasteiger partial charge >= 0.3 is 0 Å². The molecule has 0 spiro atoms. The molecule has 4 rings (SSSR count). The van der Waals surface area contributed by atoms with E-state index in [9.17, 15) is 13.2 Å². The molecular formula is C16H19N3O3S. The molecule has 2 aromatic rings. The standard InChI is InChI=1S/C16H19N3O3S/c20-16(15-9-11-3-1-2-4-14(11)17-15)19-8-7-13(10-19)23(21,22)18-12-5-6-12/h1-4,9,12-13,17-18H,5-8,10H2/t13-/m1/s1. The molecule has 23 heavy (non-hydrogen) atoms. The summed E-state index contributed by atoms with van der Waals surface area (Å²) in [6.07, 6.45) is 2.33. The van der Waals surface area contributed by atoms with Gasteiger partial charge in [0.05, 0.1) is 5.25 Å². The van der Waals surface area contributed by atoms with Crippen molar-refractivity contribution in [2.45, 2.75) is 30.6 Å². The van der Waals surface area contributed by atoms with E-state index in [1.807, 2.05) is 30.3 Å². The SMILES string of the molecule is O=C(c1cc2ccccc2[nH]1)N1CC[C@@H](S(=O)(=O)NC2CC2)C1. The van der Waals surface area contributed by atoms with Gasteiger partial charge in [-0.05, 0) is 31.4 Å². The highest BCUT2D eigenvalue weighted by molar-refractivity contribution is 7.90. The van der Waals surface area contributed by atoms with Gasteiger partial charge in [0.1, 0.15) is 5.69 Å². The van der Waals surface area contributed by atoms with Crippen LogP contribution < -0.4 is 4.72 Å². The van der Waals surface area contributed by atoms with Crippen molar-refractivity contribution in [2.75, 3.05) is 13.1 Å². The van der Waals surface area contributed by atoms with Crippen LogP contribution in [0.5, 0.6) is 0 Å². The van der Waals surface area contributed by atoms with Gasteiger partial charge in [-0.1, -0.05) is 18.2 Å². The number of fused-ring (bicyclic) bond motifs is 1. The number of rotatable bonds is 4. The minimum Gasteiger partial charge on any atom is -0.351 e. The molecule has 2 aliphatic rings. The van der Waals surface area contributed by atoms with Crippen LogP contribution in [-0.4, -0.2) is 48.6 Å². The zero-order valence-electron chi connectivity index (χ0n) is 12.7. The van der Waals surface area contributed by atoms with Crippen molar-refractivity contribution in [2.24, 2.45) is 0 Å². The molecule has 0 unspecified atom stereocenters. The summed E-state index contributed by atoms with van der Waals surface area (Å²) in [5.41, 5.74) is 1.43. The average Bonchev–Trinajstić information content (AvgIpc) is 3.07. The predicted molar refractivity (Wildman–Crippen MR) is 87.7 cm³/mol. The molecule has 1 aliphatic carbocycles. The van der Waals surface area contributed by atoms with Crippen LogP contribution in [0.2, 0.25) is 0 Å². The lowest BCUT2D eigenvalue weighted by Gasteiger charge is -2.16. The zero-order chi connectivity index (χ0) is 16.0. The Kier molecular flexibility index (Phi) is 3.42. The number of nitrogens with zero attached hydrogens (tertiary/aromatic N) is 1. The number of likely N-dealkylation sites (tertiary alicyclic amines) is 1. The van der Waals surface area contributed by atoms with Crippen LogP contribution in [0, 0.1) is 0 Å². The summed E-state index contributed by atoms with van der Waals surface area (Å²) in [5, 5.41) is 0.478. The van der Waals surface area contributed by atoms with Crippen LogP contribution in [0.1, 0.15) is 29.8 Å². The summed E-state index contributed by atoms with van der Waals surface area (Å²) in [7, 11) is -3.32. The molecule has 1 saturated carbocycles. The first-order valence-electron chi connectivity index (χ1n) is 7.91. The Morgan fingerprint density at radius 1 is 1.22 bits per heavy atom. The molecule has 6 nitrogen and oxygen atoms in total. The van der Waals surface area contributed by atoms with Gasteiger partial charge in [0.25, 0.3) is 5.91 Å². The number of aromatic amines is 1. The third-order valence-corrected chi connectivity index (χ3v) is 6.46. The molecular weight excluding hydrogens is 314 g/mol. The summed E-state index contributed by atoms with van der Waals surface area (Å²) in [6, 6.07) is 9.63. The van der Waals surface area contributed by atoms with Gasteiger partial charge in [0, 0.05) is 30.0 Å². The minimum absolute atomic E-state index is 0.110. The molecule has 2 N–H and O–H groups in total. The van der Waals surface area contributed by atoms with Crippen LogP contribution in [0.3, 0.4) is 0 Å². The van der Waals surface area contributed by atoms with Crippen molar-refractivity contribution in [3.8, 4) is 0 Å². The Morgan fingerprint density at radius 2 is 2.00 bits per heavy atom. The molecule has 2 heterocycles. The first-order valence-corrected chi connectivity index (χ1v) is 9.46. The number of benzene rings is 1. The molecule has 7 heteroatoms. The lowest BCUT2D eigenvalue weighted by Crippen LogP contribution is -2.38. The smallest absolute Gasteiger partial charge is 0.270 e. The van der Waals surface area contributed by atoms with Gasteiger partial charge < -0.3 is 9.88 Å². The van der Waals surface area contributed by atoms with E-state index in [1.54, 1.807) is 4.90 Å². The Hall–Kier alpha value is -1.86. The lowest BCUT2D eigenvalue weighted by atomic mass is 10.2. The quantitative estimate of drug-likeness (QED) is 0.889. The predicted octanol–water partition coefficient (Wildman–Crippen LogP) is 1.46. The number of hydrogen-bond acceptors (Lipinski definition) is 3. The molecule has 1 aromatic heterocycles. The van der Waals surface area contributed by atoms with Crippen LogP contribution in [0.25, 0.3) is 10.9 Å². The number of sulfonamides is 1. The molecule has 1 aliphatic heterocycles. The Balaban J connectivity index is 1.49. The molecule has 1 saturated heterocycles. The summed E-state index contributed by atoms with van der Waals surface area (Å²) < 4.78 is 27.3. The number of carbonyl (C=O) groups is 1. The molecule has 0 bridgehead atoms. The van der Waals surface area contributed by atoms with E-state index in [-0.39, 0.29) is 18.5 Å². The zero-order valence-corrected chi connectivity index (χ0v) is 13.5. The van der Waals surface area contributed by atoms with Crippen molar-refractivity contribution in [1.82, 2.24) is 14.6 Å².